The van der Waals surface area contributed by atoms with E-state index in [9.17, 15) is 4.79 Å². The molecule has 2 rings (SSSR count). The Morgan fingerprint density at radius 1 is 1.41 bits per heavy atom. The van der Waals surface area contributed by atoms with Gasteiger partial charge in [0.15, 0.2) is 0 Å². The number of hydrogen-bond acceptors (Lipinski definition) is 3. The second-order valence-electron chi connectivity index (χ2n) is 6.01. The molecule has 1 aliphatic rings. The zero-order valence-corrected chi connectivity index (χ0v) is 14.5. The van der Waals surface area contributed by atoms with E-state index in [0.29, 0.717) is 25.1 Å². The first kappa shape index (κ1) is 18.8. The highest BCUT2D eigenvalue weighted by Gasteiger charge is 2.19. The molecule has 22 heavy (non-hydrogen) atoms. The van der Waals surface area contributed by atoms with Gasteiger partial charge in [-0.1, -0.05) is 12.1 Å². The number of carbonyl (C=O) groups is 1. The van der Waals surface area contributed by atoms with Crippen LogP contribution in [0.15, 0.2) is 18.2 Å². The molecule has 1 saturated heterocycles. The Morgan fingerprint density at radius 3 is 2.91 bits per heavy atom. The lowest BCUT2D eigenvalue weighted by Gasteiger charge is -2.28. The van der Waals surface area contributed by atoms with E-state index in [1.807, 2.05) is 26.0 Å². The van der Waals surface area contributed by atoms with Crippen molar-refractivity contribution in [3.63, 3.8) is 0 Å². The van der Waals surface area contributed by atoms with Gasteiger partial charge in [-0.2, -0.15) is 0 Å². The number of piperidine rings is 1. The van der Waals surface area contributed by atoms with Crippen molar-refractivity contribution >= 4 is 18.3 Å². The number of carbonyl (C=O) groups excluding carboxylic acids is 1. The Balaban J connectivity index is 0.00000242. The van der Waals surface area contributed by atoms with Gasteiger partial charge in [0, 0.05) is 12.1 Å². The molecule has 1 aromatic carbocycles. The minimum atomic E-state index is 0. The third-order valence-corrected chi connectivity index (χ3v) is 3.92. The minimum absolute atomic E-state index is 0. The fraction of sp³-hybridized carbons (Fsp3) is 0.588. The molecule has 5 heteroatoms. The van der Waals surface area contributed by atoms with Gasteiger partial charge in [0.05, 0.1) is 13.0 Å². The molecular weight excluding hydrogens is 300 g/mol. The molecule has 2 N–H and O–H groups in total. The van der Waals surface area contributed by atoms with E-state index >= 15 is 0 Å². The van der Waals surface area contributed by atoms with Gasteiger partial charge < -0.3 is 15.4 Å². The first-order chi connectivity index (χ1) is 10.0. The van der Waals surface area contributed by atoms with Crippen LogP contribution in [-0.2, 0) is 4.79 Å². The molecule has 0 spiro atoms. The average molecular weight is 327 g/mol. The molecule has 2 atom stereocenters. The molecule has 1 aromatic rings. The molecule has 1 aliphatic heterocycles. The molecular formula is C17H27ClN2O2. The predicted molar refractivity (Wildman–Crippen MR) is 91.9 cm³/mol. The van der Waals surface area contributed by atoms with Crippen LogP contribution in [0.1, 0.15) is 37.3 Å². The first-order valence-electron chi connectivity index (χ1n) is 7.77. The Kier molecular flexibility index (Phi) is 7.69. The van der Waals surface area contributed by atoms with Gasteiger partial charge in [-0.3, -0.25) is 4.79 Å². The van der Waals surface area contributed by atoms with Crippen molar-refractivity contribution in [3.05, 3.63) is 29.3 Å². The Morgan fingerprint density at radius 2 is 2.18 bits per heavy atom. The van der Waals surface area contributed by atoms with Gasteiger partial charge in [0.25, 0.3) is 0 Å². The second-order valence-corrected chi connectivity index (χ2v) is 6.01. The molecule has 2 unspecified atom stereocenters. The van der Waals surface area contributed by atoms with Crippen molar-refractivity contribution in [3.8, 4) is 5.75 Å². The summed E-state index contributed by atoms with van der Waals surface area (Å²) in [5.41, 5.74) is 2.27. The summed E-state index contributed by atoms with van der Waals surface area (Å²) < 4.78 is 5.73. The number of aryl methyl sites for hydroxylation is 2. The minimum Gasteiger partial charge on any atom is -0.493 e. The Bertz CT molecular complexity index is 494. The number of amides is 1. The van der Waals surface area contributed by atoms with E-state index in [0.717, 1.165) is 30.7 Å². The third-order valence-electron chi connectivity index (χ3n) is 3.92. The summed E-state index contributed by atoms with van der Waals surface area (Å²) >= 11 is 0. The van der Waals surface area contributed by atoms with Crippen molar-refractivity contribution in [1.82, 2.24) is 10.6 Å². The van der Waals surface area contributed by atoms with Crippen LogP contribution < -0.4 is 15.4 Å². The summed E-state index contributed by atoms with van der Waals surface area (Å²) in [5, 5.41) is 6.49. The summed E-state index contributed by atoms with van der Waals surface area (Å²) in [6.45, 7) is 7.62. The van der Waals surface area contributed by atoms with Crippen LogP contribution >= 0.6 is 12.4 Å². The molecule has 1 fully saturated rings. The monoisotopic (exact) mass is 326 g/mol. The van der Waals surface area contributed by atoms with Crippen LogP contribution in [0.25, 0.3) is 0 Å². The van der Waals surface area contributed by atoms with Crippen molar-refractivity contribution < 1.29 is 9.53 Å². The number of rotatable bonds is 5. The zero-order chi connectivity index (χ0) is 15.2. The van der Waals surface area contributed by atoms with E-state index in [-0.39, 0.29) is 18.3 Å². The van der Waals surface area contributed by atoms with Crippen molar-refractivity contribution in [1.29, 1.82) is 0 Å². The summed E-state index contributed by atoms with van der Waals surface area (Å²) in [5.74, 6) is 0.956. The van der Waals surface area contributed by atoms with Gasteiger partial charge in [-0.25, -0.2) is 0 Å². The number of benzene rings is 1. The molecule has 1 heterocycles. The molecule has 4 nitrogen and oxygen atoms in total. The fourth-order valence-corrected chi connectivity index (χ4v) is 2.68. The molecule has 1 amide bonds. The molecule has 0 saturated carbocycles. The molecule has 0 bridgehead atoms. The number of halogens is 1. The van der Waals surface area contributed by atoms with Crippen molar-refractivity contribution in [2.24, 2.45) is 0 Å². The number of nitrogens with one attached hydrogen (secondary N) is 2. The standard InChI is InChI=1S/C17H26N2O2.ClH/c1-12-4-5-13(2)16(10-12)21-9-7-17(20)19-15-6-8-18-14(3)11-15;/h4-5,10,14-15,18H,6-9,11H2,1-3H3,(H,19,20);1H. The maximum absolute atomic E-state index is 11.9. The smallest absolute Gasteiger partial charge is 0.223 e. The van der Waals surface area contributed by atoms with Crippen molar-refractivity contribution in [2.45, 2.75) is 52.1 Å². The van der Waals surface area contributed by atoms with Crippen molar-refractivity contribution in [2.75, 3.05) is 13.2 Å². The summed E-state index contributed by atoms with van der Waals surface area (Å²) in [6, 6.07) is 6.90. The van der Waals surface area contributed by atoms with Crippen LogP contribution in [0.3, 0.4) is 0 Å². The lowest BCUT2D eigenvalue weighted by atomic mass is 10.0. The fourth-order valence-electron chi connectivity index (χ4n) is 2.68. The molecule has 0 aliphatic carbocycles. The third kappa shape index (κ3) is 5.85. The van der Waals surface area contributed by atoms with Gasteiger partial charge in [0.1, 0.15) is 5.75 Å². The number of ether oxygens (including phenoxy) is 1. The highest BCUT2D eigenvalue weighted by Crippen LogP contribution is 2.19. The largest absolute Gasteiger partial charge is 0.493 e. The molecule has 0 aromatic heterocycles. The second kappa shape index (κ2) is 9.01. The number of hydrogen-bond donors (Lipinski definition) is 2. The molecule has 0 radical (unpaired) electrons. The van der Waals surface area contributed by atoms with Gasteiger partial charge in [-0.05, 0) is 57.4 Å². The Labute approximate surface area is 139 Å². The van der Waals surface area contributed by atoms with Gasteiger partial charge >= 0.3 is 0 Å². The predicted octanol–water partition coefficient (Wildman–Crippen LogP) is 2.75. The summed E-state index contributed by atoms with van der Waals surface area (Å²) in [4.78, 5) is 11.9. The average Bonchev–Trinajstić information content (AvgIpc) is 2.42. The Hall–Kier alpha value is -1.26. The zero-order valence-electron chi connectivity index (χ0n) is 13.6. The maximum Gasteiger partial charge on any atom is 0.223 e. The highest BCUT2D eigenvalue weighted by atomic mass is 35.5. The molecule has 124 valence electrons. The van der Waals surface area contributed by atoms with E-state index in [2.05, 4.69) is 23.6 Å². The topological polar surface area (TPSA) is 50.4 Å². The lowest BCUT2D eigenvalue weighted by Crippen LogP contribution is -2.46. The summed E-state index contributed by atoms with van der Waals surface area (Å²) in [7, 11) is 0. The van der Waals surface area contributed by atoms with Crippen LogP contribution in [0, 0.1) is 13.8 Å². The summed E-state index contributed by atoms with van der Waals surface area (Å²) in [6.07, 6.45) is 2.42. The maximum atomic E-state index is 11.9. The quantitative estimate of drug-likeness (QED) is 0.874. The van der Waals surface area contributed by atoms with Crippen LogP contribution in [-0.4, -0.2) is 31.1 Å². The van der Waals surface area contributed by atoms with Crippen LogP contribution in [0.4, 0.5) is 0 Å². The first-order valence-corrected chi connectivity index (χ1v) is 7.77. The van der Waals surface area contributed by atoms with Gasteiger partial charge in [-0.15, -0.1) is 12.4 Å². The SMILES string of the molecule is Cc1ccc(C)c(OCCC(=O)NC2CCNC(C)C2)c1.Cl. The van der Waals surface area contributed by atoms with Gasteiger partial charge in [0.2, 0.25) is 5.91 Å². The van der Waals surface area contributed by atoms with E-state index in [4.69, 9.17) is 4.74 Å². The van der Waals surface area contributed by atoms with E-state index in [1.54, 1.807) is 0 Å². The highest BCUT2D eigenvalue weighted by molar-refractivity contribution is 5.85. The lowest BCUT2D eigenvalue weighted by molar-refractivity contribution is -0.122. The normalized spacial score (nSPS) is 20.9. The van der Waals surface area contributed by atoms with E-state index in [1.165, 1.54) is 5.56 Å². The van der Waals surface area contributed by atoms with Crippen LogP contribution in [0.2, 0.25) is 0 Å². The van der Waals surface area contributed by atoms with Crippen LogP contribution in [0.5, 0.6) is 5.75 Å². The van der Waals surface area contributed by atoms with E-state index < -0.39 is 0 Å².